The number of alkyl halides is 6. The van der Waals surface area contributed by atoms with Crippen LogP contribution in [0.4, 0.5) is 26.3 Å². The predicted molar refractivity (Wildman–Crippen MR) is 68.1 cm³/mol. The molecule has 0 radical (unpaired) electrons. The van der Waals surface area contributed by atoms with Crippen molar-refractivity contribution in [3.05, 3.63) is 0 Å². The van der Waals surface area contributed by atoms with Crippen LogP contribution in [-0.4, -0.2) is 37.5 Å². The molecule has 0 saturated heterocycles. The average Bonchev–Trinajstić information content (AvgIpc) is 2.85. The highest BCUT2D eigenvalue weighted by Crippen LogP contribution is 2.50. The first-order valence-electron chi connectivity index (χ1n) is 6.92. The molecular weight excluding hydrogens is 353 g/mol. The molecule has 4 nitrogen and oxygen atoms in total. The Hall–Kier alpha value is -0.600. The molecular formula is C12H17F6O4P. The van der Waals surface area contributed by atoms with Crippen molar-refractivity contribution in [1.82, 2.24) is 0 Å². The Kier molecular flexibility index (Phi) is 7.10. The van der Waals surface area contributed by atoms with Gasteiger partial charge in [-0.15, -0.1) is 0 Å². The van der Waals surface area contributed by atoms with E-state index in [0.717, 1.165) is 25.7 Å². The van der Waals surface area contributed by atoms with E-state index in [1.165, 1.54) is 0 Å². The third-order valence-corrected chi connectivity index (χ3v) is 5.00. The number of halogens is 6. The van der Waals surface area contributed by atoms with Crippen molar-refractivity contribution in [3.8, 4) is 0 Å². The Labute approximate surface area is 129 Å². The monoisotopic (exact) mass is 370 g/mol. The van der Waals surface area contributed by atoms with E-state index in [2.05, 4.69) is 9.05 Å². The molecule has 0 spiro atoms. The summed E-state index contributed by atoms with van der Waals surface area (Å²) in [5, 5.41) is 0. The van der Waals surface area contributed by atoms with Gasteiger partial charge in [0.05, 0.1) is 0 Å². The molecule has 136 valence electrons. The van der Waals surface area contributed by atoms with E-state index in [9.17, 15) is 35.7 Å². The second kappa shape index (κ2) is 7.98. The molecule has 1 aliphatic carbocycles. The fourth-order valence-corrected chi connectivity index (χ4v) is 3.79. The zero-order chi connectivity index (χ0) is 17.7. The van der Waals surface area contributed by atoms with Crippen LogP contribution in [-0.2, 0) is 18.4 Å². The molecule has 23 heavy (non-hydrogen) atoms. The lowest BCUT2D eigenvalue weighted by atomic mass is 10.0. The molecule has 1 saturated carbocycles. The fourth-order valence-electron chi connectivity index (χ4n) is 2.29. The number of ketones is 1. The largest absolute Gasteiger partial charge is 0.412 e. The normalized spacial score (nSPS) is 17.7. The van der Waals surface area contributed by atoms with Crippen LogP contribution < -0.4 is 0 Å². The van der Waals surface area contributed by atoms with Crippen LogP contribution in [0.25, 0.3) is 0 Å². The number of hydrogen-bond acceptors (Lipinski definition) is 4. The Morgan fingerprint density at radius 3 is 1.78 bits per heavy atom. The summed E-state index contributed by atoms with van der Waals surface area (Å²) in [5.74, 6) is -0.703. The first-order valence-corrected chi connectivity index (χ1v) is 8.65. The summed E-state index contributed by atoms with van der Waals surface area (Å²) in [4.78, 5) is 11.8. The minimum atomic E-state index is -4.90. The fraction of sp³-hybridized carbons (Fsp3) is 0.917. The molecule has 0 heterocycles. The van der Waals surface area contributed by atoms with Gasteiger partial charge in [-0.05, 0) is 5.92 Å². The zero-order valence-corrected chi connectivity index (χ0v) is 13.0. The lowest BCUT2D eigenvalue weighted by Crippen LogP contribution is -2.22. The highest BCUT2D eigenvalue weighted by molar-refractivity contribution is 7.54. The van der Waals surface area contributed by atoms with Gasteiger partial charge in [-0.2, -0.15) is 26.3 Å². The second-order valence-electron chi connectivity index (χ2n) is 5.44. The van der Waals surface area contributed by atoms with Gasteiger partial charge >= 0.3 is 19.9 Å². The molecule has 11 heteroatoms. The van der Waals surface area contributed by atoms with Crippen LogP contribution in [0.3, 0.4) is 0 Å². The summed E-state index contributed by atoms with van der Waals surface area (Å²) in [6.07, 6.45) is -7.61. The van der Waals surface area contributed by atoms with E-state index >= 15 is 0 Å². The molecule has 1 rings (SSSR count). The summed E-state index contributed by atoms with van der Waals surface area (Å²) in [7, 11) is -4.81. The molecule has 0 aromatic rings. The van der Waals surface area contributed by atoms with Crippen LogP contribution in [0, 0.1) is 5.92 Å². The SMILES string of the molecule is O=C(CC1CCCC1)CP(=O)(OCC(F)(F)F)OCC(F)(F)F. The maximum atomic E-state index is 12.1. The van der Waals surface area contributed by atoms with E-state index < -0.39 is 45.1 Å². The smallest absolute Gasteiger partial charge is 0.299 e. The van der Waals surface area contributed by atoms with Crippen molar-refractivity contribution in [2.45, 2.75) is 44.5 Å². The number of rotatable bonds is 8. The second-order valence-corrected chi connectivity index (χ2v) is 7.49. The number of hydrogen-bond donors (Lipinski definition) is 0. The van der Waals surface area contributed by atoms with Crippen LogP contribution in [0.2, 0.25) is 0 Å². The topological polar surface area (TPSA) is 52.6 Å². The van der Waals surface area contributed by atoms with Crippen LogP contribution in [0.15, 0.2) is 0 Å². The van der Waals surface area contributed by atoms with E-state index in [-0.39, 0.29) is 12.3 Å². The van der Waals surface area contributed by atoms with Crippen molar-refractivity contribution in [2.75, 3.05) is 19.4 Å². The lowest BCUT2D eigenvalue weighted by molar-refractivity contribution is -0.165. The molecule has 1 fully saturated rings. The van der Waals surface area contributed by atoms with Gasteiger partial charge in [0.15, 0.2) is 13.2 Å². The molecule has 0 N–H and O–H groups in total. The zero-order valence-electron chi connectivity index (χ0n) is 12.1. The van der Waals surface area contributed by atoms with Crippen LogP contribution in [0.5, 0.6) is 0 Å². The summed E-state index contributed by atoms with van der Waals surface area (Å²) < 4.78 is 92.7. The summed E-state index contributed by atoms with van der Waals surface area (Å²) in [6.45, 7) is -4.09. The van der Waals surface area contributed by atoms with Crippen molar-refractivity contribution < 1.29 is 44.7 Å². The number of carbonyl (C=O) groups excluding carboxylic acids is 1. The maximum Gasteiger partial charge on any atom is 0.412 e. The van der Waals surface area contributed by atoms with Crippen molar-refractivity contribution >= 4 is 13.4 Å². The number of Topliss-reactive ketones (excluding diaryl/α,β-unsaturated/α-hetero) is 1. The Morgan fingerprint density at radius 1 is 0.957 bits per heavy atom. The molecule has 1 aliphatic rings. The van der Waals surface area contributed by atoms with E-state index in [4.69, 9.17) is 0 Å². The van der Waals surface area contributed by atoms with Crippen molar-refractivity contribution in [3.63, 3.8) is 0 Å². The molecule has 0 atom stereocenters. The van der Waals surface area contributed by atoms with Crippen LogP contribution >= 0.6 is 7.60 Å². The summed E-state index contributed by atoms with van der Waals surface area (Å²) in [6, 6.07) is 0. The van der Waals surface area contributed by atoms with Gasteiger partial charge in [0.1, 0.15) is 11.9 Å². The lowest BCUT2D eigenvalue weighted by Gasteiger charge is -2.20. The molecule has 0 bridgehead atoms. The maximum absolute atomic E-state index is 12.1. The quantitative estimate of drug-likeness (QED) is 0.467. The van der Waals surface area contributed by atoms with Gasteiger partial charge in [-0.3, -0.25) is 18.4 Å². The van der Waals surface area contributed by atoms with Gasteiger partial charge in [0.2, 0.25) is 0 Å². The van der Waals surface area contributed by atoms with Gasteiger partial charge in [-0.25, -0.2) is 0 Å². The molecule has 0 unspecified atom stereocenters. The summed E-state index contributed by atoms with van der Waals surface area (Å²) in [5.41, 5.74) is 0. The number of carbonyl (C=O) groups is 1. The minimum Gasteiger partial charge on any atom is -0.299 e. The first kappa shape index (κ1) is 20.4. The van der Waals surface area contributed by atoms with Crippen LogP contribution in [0.1, 0.15) is 32.1 Å². The van der Waals surface area contributed by atoms with E-state index in [0.29, 0.717) is 0 Å². The summed E-state index contributed by atoms with van der Waals surface area (Å²) >= 11 is 0. The predicted octanol–water partition coefficient (Wildman–Crippen LogP) is 4.49. The minimum absolute atomic E-state index is 0.0150. The van der Waals surface area contributed by atoms with E-state index in [1.54, 1.807) is 0 Å². The Balaban J connectivity index is 2.64. The first-order chi connectivity index (χ1) is 10.4. The standard InChI is InChI=1S/C12H17F6O4P/c13-11(14,15)7-21-23(20,22-8-12(16,17)18)6-10(19)5-9-3-1-2-4-9/h9H,1-8H2. The van der Waals surface area contributed by atoms with Gasteiger partial charge in [-0.1, -0.05) is 25.7 Å². The van der Waals surface area contributed by atoms with Crippen molar-refractivity contribution in [2.24, 2.45) is 5.92 Å². The average molecular weight is 370 g/mol. The van der Waals surface area contributed by atoms with E-state index in [1.807, 2.05) is 0 Å². The molecule has 0 amide bonds. The van der Waals surface area contributed by atoms with Gasteiger partial charge in [0.25, 0.3) is 0 Å². The third kappa shape index (κ3) is 9.32. The third-order valence-electron chi connectivity index (χ3n) is 3.21. The van der Waals surface area contributed by atoms with Gasteiger partial charge in [0, 0.05) is 6.42 Å². The molecule has 0 aromatic heterocycles. The highest BCUT2D eigenvalue weighted by atomic mass is 31.2. The Bertz CT molecular complexity index is 420. The molecule has 0 aromatic carbocycles. The highest BCUT2D eigenvalue weighted by Gasteiger charge is 2.39. The van der Waals surface area contributed by atoms with Crippen molar-refractivity contribution in [1.29, 1.82) is 0 Å². The molecule has 0 aliphatic heterocycles. The van der Waals surface area contributed by atoms with Gasteiger partial charge < -0.3 is 0 Å². The Morgan fingerprint density at radius 2 is 1.39 bits per heavy atom.